The standard InChI is InChI=1S/C30H33N3O2/c1-21-9-8-10-25(17-21)35-16-7-6-15-32-27-12-5-4-11-26(27)31-30(32)24-19-29(34)33(20-24)28-18-22(2)13-14-23(28)3/h4-5,8-14,17-18,24H,6-7,15-16,19-20H2,1-3H3. The van der Waals surface area contributed by atoms with Gasteiger partial charge in [0.1, 0.15) is 11.6 Å². The van der Waals surface area contributed by atoms with Crippen LogP contribution in [0.3, 0.4) is 0 Å². The van der Waals surface area contributed by atoms with Gasteiger partial charge in [0.2, 0.25) is 5.91 Å². The quantitative estimate of drug-likeness (QED) is 0.284. The number of hydrogen-bond acceptors (Lipinski definition) is 3. The van der Waals surface area contributed by atoms with E-state index in [1.165, 1.54) is 11.1 Å². The Morgan fingerprint density at radius 1 is 0.943 bits per heavy atom. The molecule has 1 aromatic heterocycles. The van der Waals surface area contributed by atoms with E-state index in [2.05, 4.69) is 73.9 Å². The second-order valence-corrected chi connectivity index (χ2v) is 9.68. The topological polar surface area (TPSA) is 47.4 Å². The Morgan fingerprint density at radius 3 is 2.63 bits per heavy atom. The van der Waals surface area contributed by atoms with Crippen molar-refractivity contribution in [3.8, 4) is 5.75 Å². The number of carbonyl (C=O) groups excluding carboxylic acids is 1. The number of amides is 1. The minimum Gasteiger partial charge on any atom is -0.494 e. The molecule has 3 aromatic carbocycles. The largest absolute Gasteiger partial charge is 0.494 e. The number of aryl methyl sites for hydroxylation is 4. The van der Waals surface area contributed by atoms with E-state index in [-0.39, 0.29) is 11.8 Å². The summed E-state index contributed by atoms with van der Waals surface area (Å²) in [5.41, 5.74) is 6.66. The third-order valence-electron chi connectivity index (χ3n) is 6.86. The van der Waals surface area contributed by atoms with Crippen molar-refractivity contribution in [2.24, 2.45) is 0 Å². The van der Waals surface area contributed by atoms with Crippen LogP contribution in [-0.4, -0.2) is 28.6 Å². The van der Waals surface area contributed by atoms with Gasteiger partial charge < -0.3 is 14.2 Å². The maximum absolute atomic E-state index is 13.1. The Bertz CT molecular complexity index is 1360. The van der Waals surface area contributed by atoms with E-state index < -0.39 is 0 Å². The number of benzene rings is 3. The minimum absolute atomic E-state index is 0.0818. The van der Waals surface area contributed by atoms with Gasteiger partial charge in [-0.2, -0.15) is 0 Å². The highest BCUT2D eigenvalue weighted by atomic mass is 16.5. The highest BCUT2D eigenvalue weighted by Crippen LogP contribution is 2.35. The van der Waals surface area contributed by atoms with Crippen LogP contribution in [0.2, 0.25) is 0 Å². The number of aromatic nitrogens is 2. The van der Waals surface area contributed by atoms with Gasteiger partial charge in [0.05, 0.1) is 17.6 Å². The first kappa shape index (κ1) is 23.2. The third-order valence-corrected chi connectivity index (χ3v) is 6.86. The number of unbranched alkanes of at least 4 members (excludes halogenated alkanes) is 1. The van der Waals surface area contributed by atoms with Crippen LogP contribution < -0.4 is 9.64 Å². The number of fused-ring (bicyclic) bond motifs is 1. The molecule has 0 bridgehead atoms. The molecule has 1 aliphatic rings. The summed E-state index contributed by atoms with van der Waals surface area (Å²) in [4.78, 5) is 20.0. The Hall–Kier alpha value is -3.60. The number of anilines is 1. The lowest BCUT2D eigenvalue weighted by atomic mass is 10.1. The van der Waals surface area contributed by atoms with Crippen LogP contribution >= 0.6 is 0 Å². The Balaban J connectivity index is 1.31. The lowest BCUT2D eigenvalue weighted by molar-refractivity contribution is -0.117. The van der Waals surface area contributed by atoms with Crippen LogP contribution in [0.4, 0.5) is 5.69 Å². The van der Waals surface area contributed by atoms with E-state index in [9.17, 15) is 4.79 Å². The molecule has 1 atom stereocenters. The van der Waals surface area contributed by atoms with Gasteiger partial charge in [0.25, 0.3) is 0 Å². The van der Waals surface area contributed by atoms with Gasteiger partial charge in [-0.1, -0.05) is 36.4 Å². The number of hydrogen-bond donors (Lipinski definition) is 0. The first-order chi connectivity index (χ1) is 17.0. The van der Waals surface area contributed by atoms with Crippen molar-refractivity contribution in [3.05, 3.63) is 89.2 Å². The van der Waals surface area contributed by atoms with Gasteiger partial charge in [-0.15, -0.1) is 0 Å². The molecular formula is C30H33N3O2. The molecule has 1 fully saturated rings. The molecule has 5 heteroatoms. The third kappa shape index (κ3) is 4.95. The van der Waals surface area contributed by atoms with E-state index in [0.29, 0.717) is 19.6 Å². The number of imidazole rings is 1. The second kappa shape index (κ2) is 9.95. The van der Waals surface area contributed by atoms with Gasteiger partial charge in [-0.05, 0) is 80.6 Å². The molecule has 180 valence electrons. The molecule has 2 heterocycles. The van der Waals surface area contributed by atoms with Crippen molar-refractivity contribution in [2.45, 2.75) is 52.5 Å². The molecule has 0 N–H and O–H groups in total. The SMILES string of the molecule is Cc1cccc(OCCCCn2c(C3CC(=O)N(c4cc(C)ccc4C)C3)nc3ccccc32)c1. The molecule has 5 nitrogen and oxygen atoms in total. The molecule has 4 aromatic rings. The van der Waals surface area contributed by atoms with Crippen LogP contribution in [0.5, 0.6) is 5.75 Å². The highest BCUT2D eigenvalue weighted by Gasteiger charge is 2.35. The van der Waals surface area contributed by atoms with Crippen molar-refractivity contribution in [3.63, 3.8) is 0 Å². The van der Waals surface area contributed by atoms with Crippen LogP contribution in [0, 0.1) is 20.8 Å². The summed E-state index contributed by atoms with van der Waals surface area (Å²) in [6, 6.07) is 22.8. The van der Waals surface area contributed by atoms with Crippen LogP contribution in [0.15, 0.2) is 66.7 Å². The predicted molar refractivity (Wildman–Crippen MR) is 141 cm³/mol. The van der Waals surface area contributed by atoms with Gasteiger partial charge in [0, 0.05) is 31.1 Å². The number of para-hydroxylation sites is 2. The van der Waals surface area contributed by atoms with Crippen LogP contribution in [-0.2, 0) is 11.3 Å². The summed E-state index contributed by atoms with van der Waals surface area (Å²) in [6.07, 6.45) is 2.44. The summed E-state index contributed by atoms with van der Waals surface area (Å²) >= 11 is 0. The van der Waals surface area contributed by atoms with Crippen molar-refractivity contribution in [2.75, 3.05) is 18.1 Å². The van der Waals surface area contributed by atoms with Crippen molar-refractivity contribution < 1.29 is 9.53 Å². The van der Waals surface area contributed by atoms with Gasteiger partial charge in [-0.25, -0.2) is 4.98 Å². The Kier molecular flexibility index (Phi) is 6.58. The van der Waals surface area contributed by atoms with E-state index in [4.69, 9.17) is 9.72 Å². The van der Waals surface area contributed by atoms with Crippen molar-refractivity contribution >= 4 is 22.6 Å². The summed E-state index contributed by atoms with van der Waals surface area (Å²) in [5.74, 6) is 2.20. The maximum Gasteiger partial charge on any atom is 0.227 e. The summed E-state index contributed by atoms with van der Waals surface area (Å²) in [7, 11) is 0. The lowest BCUT2D eigenvalue weighted by Crippen LogP contribution is -2.25. The number of carbonyl (C=O) groups is 1. The first-order valence-corrected chi connectivity index (χ1v) is 12.5. The van der Waals surface area contributed by atoms with Gasteiger partial charge >= 0.3 is 0 Å². The molecule has 35 heavy (non-hydrogen) atoms. The van der Waals surface area contributed by atoms with Gasteiger partial charge in [-0.3, -0.25) is 4.79 Å². The van der Waals surface area contributed by atoms with Crippen molar-refractivity contribution in [1.82, 2.24) is 9.55 Å². The summed E-state index contributed by atoms with van der Waals surface area (Å²) in [6.45, 7) is 8.44. The zero-order valence-corrected chi connectivity index (χ0v) is 20.8. The van der Waals surface area contributed by atoms with Gasteiger partial charge in [0.15, 0.2) is 0 Å². The van der Waals surface area contributed by atoms with Crippen LogP contribution in [0.1, 0.15) is 47.7 Å². The predicted octanol–water partition coefficient (Wildman–Crippen LogP) is 6.34. The molecule has 1 unspecified atom stereocenters. The fourth-order valence-electron chi connectivity index (χ4n) is 5.03. The summed E-state index contributed by atoms with van der Waals surface area (Å²) < 4.78 is 8.27. The second-order valence-electron chi connectivity index (χ2n) is 9.68. The molecular weight excluding hydrogens is 434 g/mol. The van der Waals surface area contributed by atoms with Crippen molar-refractivity contribution in [1.29, 1.82) is 0 Å². The number of ether oxygens (including phenoxy) is 1. The Morgan fingerprint density at radius 2 is 1.77 bits per heavy atom. The smallest absolute Gasteiger partial charge is 0.227 e. The number of rotatable bonds is 8. The first-order valence-electron chi connectivity index (χ1n) is 12.5. The molecule has 1 aliphatic heterocycles. The number of nitrogens with zero attached hydrogens (tertiary/aromatic N) is 3. The molecule has 0 saturated carbocycles. The molecule has 5 rings (SSSR count). The molecule has 1 saturated heterocycles. The fraction of sp³-hybridized carbons (Fsp3) is 0.333. The highest BCUT2D eigenvalue weighted by molar-refractivity contribution is 5.97. The van der Waals surface area contributed by atoms with E-state index in [1.54, 1.807) is 0 Å². The van der Waals surface area contributed by atoms with Crippen LogP contribution in [0.25, 0.3) is 11.0 Å². The average molecular weight is 468 g/mol. The average Bonchev–Trinajstić information content (AvgIpc) is 3.41. The Labute approximate surface area is 207 Å². The lowest BCUT2D eigenvalue weighted by Gasteiger charge is -2.20. The molecule has 1 amide bonds. The summed E-state index contributed by atoms with van der Waals surface area (Å²) in [5, 5.41) is 0. The maximum atomic E-state index is 13.1. The monoisotopic (exact) mass is 467 g/mol. The van der Waals surface area contributed by atoms with E-state index in [0.717, 1.165) is 53.2 Å². The molecule has 0 spiro atoms. The normalized spacial score (nSPS) is 15.8. The minimum atomic E-state index is 0.0818. The fourth-order valence-corrected chi connectivity index (χ4v) is 5.03. The molecule has 0 aliphatic carbocycles. The molecule has 0 radical (unpaired) electrons. The van der Waals surface area contributed by atoms with E-state index in [1.807, 2.05) is 23.1 Å². The van der Waals surface area contributed by atoms with E-state index >= 15 is 0 Å². The zero-order valence-electron chi connectivity index (χ0n) is 20.8. The zero-order chi connectivity index (χ0) is 24.4.